The highest BCUT2D eigenvalue weighted by Crippen LogP contribution is 2.34. The lowest BCUT2D eigenvalue weighted by Gasteiger charge is -2.10. The predicted octanol–water partition coefficient (Wildman–Crippen LogP) is 3.60. The van der Waals surface area contributed by atoms with Gasteiger partial charge < -0.3 is 4.74 Å². The molecule has 0 bridgehead atoms. The number of ether oxygens (including phenoxy) is 1. The summed E-state index contributed by atoms with van der Waals surface area (Å²) in [4.78, 5) is 16.8. The standard InChI is InChI=1S/C16H13F2NO2/c17-16(18)21-12-6-3-11(4-7-12)15(20)13-8-5-10-2-1-9-19-14(10)13/h1-4,6-7,9,13,16H,5,8H2. The smallest absolute Gasteiger partial charge is 0.387 e. The van der Waals surface area contributed by atoms with Crippen LogP contribution in [0.3, 0.4) is 0 Å². The lowest BCUT2D eigenvalue weighted by atomic mass is 9.95. The molecule has 0 amide bonds. The van der Waals surface area contributed by atoms with E-state index in [0.29, 0.717) is 5.56 Å². The van der Waals surface area contributed by atoms with Crippen LogP contribution in [0.25, 0.3) is 0 Å². The van der Waals surface area contributed by atoms with Crippen molar-refractivity contribution in [2.45, 2.75) is 25.4 Å². The van der Waals surface area contributed by atoms with E-state index in [9.17, 15) is 13.6 Å². The number of fused-ring (bicyclic) bond motifs is 1. The van der Waals surface area contributed by atoms with E-state index < -0.39 is 6.61 Å². The minimum atomic E-state index is -2.86. The molecule has 2 aromatic rings. The number of nitrogens with zero attached hydrogens (tertiary/aromatic N) is 1. The van der Waals surface area contributed by atoms with Crippen molar-refractivity contribution in [2.24, 2.45) is 0 Å². The lowest BCUT2D eigenvalue weighted by Crippen LogP contribution is -2.11. The number of Topliss-reactive ketones (excluding diaryl/α,β-unsaturated/α-hetero) is 1. The highest BCUT2D eigenvalue weighted by molar-refractivity contribution is 6.01. The van der Waals surface area contributed by atoms with Crippen molar-refractivity contribution < 1.29 is 18.3 Å². The van der Waals surface area contributed by atoms with Crippen LogP contribution in [0, 0.1) is 0 Å². The first-order valence-corrected chi connectivity index (χ1v) is 6.68. The lowest BCUT2D eigenvalue weighted by molar-refractivity contribution is -0.0498. The van der Waals surface area contributed by atoms with E-state index in [1.165, 1.54) is 24.3 Å². The largest absolute Gasteiger partial charge is 0.435 e. The van der Waals surface area contributed by atoms with E-state index in [4.69, 9.17) is 0 Å². The molecule has 108 valence electrons. The van der Waals surface area contributed by atoms with Crippen LogP contribution in [-0.2, 0) is 6.42 Å². The number of alkyl halides is 2. The Bertz CT molecular complexity index is 656. The second kappa shape index (κ2) is 5.60. The van der Waals surface area contributed by atoms with Gasteiger partial charge in [-0.1, -0.05) is 6.07 Å². The van der Waals surface area contributed by atoms with Crippen molar-refractivity contribution in [3.63, 3.8) is 0 Å². The molecule has 0 aliphatic heterocycles. The van der Waals surface area contributed by atoms with Crippen LogP contribution in [0.4, 0.5) is 8.78 Å². The molecular weight excluding hydrogens is 276 g/mol. The van der Waals surface area contributed by atoms with Crippen molar-refractivity contribution in [1.29, 1.82) is 0 Å². The van der Waals surface area contributed by atoms with Crippen molar-refractivity contribution in [3.05, 3.63) is 59.4 Å². The number of hydrogen-bond donors (Lipinski definition) is 0. The molecule has 1 aliphatic rings. The Balaban J connectivity index is 1.80. The first-order valence-electron chi connectivity index (χ1n) is 6.68. The zero-order valence-corrected chi connectivity index (χ0v) is 11.1. The molecule has 1 aromatic heterocycles. The maximum absolute atomic E-state index is 12.5. The maximum atomic E-state index is 12.5. The SMILES string of the molecule is O=C(c1ccc(OC(F)F)cc1)C1CCc2cccnc21. The van der Waals surface area contributed by atoms with Crippen molar-refractivity contribution in [3.8, 4) is 5.75 Å². The summed E-state index contributed by atoms with van der Waals surface area (Å²) < 4.78 is 28.5. The fourth-order valence-corrected chi connectivity index (χ4v) is 2.67. The number of pyridine rings is 1. The van der Waals surface area contributed by atoms with Crippen LogP contribution in [0.5, 0.6) is 5.75 Å². The van der Waals surface area contributed by atoms with Gasteiger partial charge in [0.15, 0.2) is 5.78 Å². The molecule has 0 N–H and O–H groups in total. The van der Waals surface area contributed by atoms with E-state index in [-0.39, 0.29) is 17.5 Å². The Hall–Kier alpha value is -2.30. The molecular formula is C16H13F2NO2. The van der Waals surface area contributed by atoms with Gasteiger partial charge >= 0.3 is 6.61 Å². The summed E-state index contributed by atoms with van der Waals surface area (Å²) in [6, 6.07) is 9.64. The molecule has 0 spiro atoms. The molecule has 0 radical (unpaired) electrons. The average molecular weight is 289 g/mol. The second-order valence-electron chi connectivity index (χ2n) is 4.91. The number of hydrogen-bond acceptors (Lipinski definition) is 3. The van der Waals surface area contributed by atoms with Gasteiger partial charge in [-0.2, -0.15) is 8.78 Å². The zero-order chi connectivity index (χ0) is 14.8. The van der Waals surface area contributed by atoms with Gasteiger partial charge in [-0.3, -0.25) is 9.78 Å². The summed E-state index contributed by atoms with van der Waals surface area (Å²) in [5.74, 6) is -0.231. The van der Waals surface area contributed by atoms with Crippen LogP contribution in [0.1, 0.15) is 34.0 Å². The third-order valence-corrected chi connectivity index (χ3v) is 3.64. The molecule has 5 heteroatoms. The Morgan fingerprint density at radius 1 is 1.24 bits per heavy atom. The molecule has 3 rings (SSSR count). The zero-order valence-electron chi connectivity index (χ0n) is 11.1. The highest BCUT2D eigenvalue weighted by atomic mass is 19.3. The van der Waals surface area contributed by atoms with Crippen LogP contribution < -0.4 is 4.74 Å². The number of carbonyl (C=O) groups excluding carboxylic acids is 1. The van der Waals surface area contributed by atoms with Crippen LogP contribution >= 0.6 is 0 Å². The number of ketones is 1. The molecule has 1 atom stereocenters. The quantitative estimate of drug-likeness (QED) is 0.807. The predicted molar refractivity (Wildman–Crippen MR) is 72.7 cm³/mol. The number of aromatic nitrogens is 1. The first-order chi connectivity index (χ1) is 10.1. The molecule has 1 heterocycles. The molecule has 21 heavy (non-hydrogen) atoms. The minimum absolute atomic E-state index is 0.0314. The fraction of sp³-hybridized carbons (Fsp3) is 0.250. The van der Waals surface area contributed by atoms with Gasteiger partial charge in [-0.25, -0.2) is 0 Å². The molecule has 1 aromatic carbocycles. The topological polar surface area (TPSA) is 39.2 Å². The van der Waals surface area contributed by atoms with Crippen LogP contribution in [0.2, 0.25) is 0 Å². The van der Waals surface area contributed by atoms with Gasteiger partial charge in [0.2, 0.25) is 0 Å². The Morgan fingerprint density at radius 3 is 2.71 bits per heavy atom. The number of rotatable bonds is 4. The van der Waals surface area contributed by atoms with E-state index in [1.54, 1.807) is 6.20 Å². The summed E-state index contributed by atoms with van der Waals surface area (Å²) in [5.41, 5.74) is 2.42. The molecule has 1 aliphatic carbocycles. The normalized spacial score (nSPS) is 16.8. The van der Waals surface area contributed by atoms with E-state index >= 15 is 0 Å². The highest BCUT2D eigenvalue weighted by Gasteiger charge is 2.30. The summed E-state index contributed by atoms with van der Waals surface area (Å²) in [6.07, 6.45) is 3.26. The average Bonchev–Trinajstić information content (AvgIpc) is 2.90. The van der Waals surface area contributed by atoms with Gasteiger partial charge in [0.05, 0.1) is 11.6 Å². The summed E-state index contributed by atoms with van der Waals surface area (Å²) in [5, 5.41) is 0. The van der Waals surface area contributed by atoms with Gasteiger partial charge in [0, 0.05) is 11.8 Å². The third-order valence-electron chi connectivity index (χ3n) is 3.64. The molecule has 0 fully saturated rings. The van der Waals surface area contributed by atoms with Crippen molar-refractivity contribution in [2.75, 3.05) is 0 Å². The van der Waals surface area contributed by atoms with E-state index in [0.717, 1.165) is 24.1 Å². The Labute approximate surface area is 120 Å². The Morgan fingerprint density at radius 2 is 2.00 bits per heavy atom. The summed E-state index contributed by atoms with van der Waals surface area (Å²) >= 11 is 0. The van der Waals surface area contributed by atoms with Gasteiger partial charge in [0.25, 0.3) is 0 Å². The van der Waals surface area contributed by atoms with Crippen molar-refractivity contribution >= 4 is 5.78 Å². The summed E-state index contributed by atoms with van der Waals surface area (Å²) in [7, 11) is 0. The summed E-state index contributed by atoms with van der Waals surface area (Å²) in [6.45, 7) is -2.86. The molecule has 3 nitrogen and oxygen atoms in total. The first kappa shape index (κ1) is 13.7. The fourth-order valence-electron chi connectivity index (χ4n) is 2.67. The number of benzene rings is 1. The van der Waals surface area contributed by atoms with Gasteiger partial charge in [0.1, 0.15) is 5.75 Å². The molecule has 0 saturated heterocycles. The number of halogens is 2. The van der Waals surface area contributed by atoms with Crippen LogP contribution in [0.15, 0.2) is 42.6 Å². The number of aryl methyl sites for hydroxylation is 1. The van der Waals surface area contributed by atoms with E-state index in [1.807, 2.05) is 12.1 Å². The third kappa shape index (κ3) is 2.77. The molecule has 0 saturated carbocycles. The minimum Gasteiger partial charge on any atom is -0.435 e. The van der Waals surface area contributed by atoms with Crippen LogP contribution in [-0.4, -0.2) is 17.4 Å². The van der Waals surface area contributed by atoms with Crippen molar-refractivity contribution in [1.82, 2.24) is 4.98 Å². The van der Waals surface area contributed by atoms with Gasteiger partial charge in [-0.15, -0.1) is 0 Å². The maximum Gasteiger partial charge on any atom is 0.387 e. The monoisotopic (exact) mass is 289 g/mol. The number of carbonyl (C=O) groups is 1. The second-order valence-corrected chi connectivity index (χ2v) is 4.91. The van der Waals surface area contributed by atoms with E-state index in [2.05, 4.69) is 9.72 Å². The molecule has 1 unspecified atom stereocenters. The Kier molecular flexibility index (Phi) is 3.64. The van der Waals surface area contributed by atoms with Gasteiger partial charge in [-0.05, 0) is 48.7 Å².